The minimum absolute atomic E-state index is 0.437. The van der Waals surface area contributed by atoms with Crippen LogP contribution in [0.3, 0.4) is 0 Å². The Morgan fingerprint density at radius 3 is 2.88 bits per heavy atom. The summed E-state index contributed by atoms with van der Waals surface area (Å²) in [6.07, 6.45) is 13.3. The van der Waals surface area contributed by atoms with Gasteiger partial charge in [-0.25, -0.2) is 4.99 Å². The number of H-pyrrole nitrogens is 1. The van der Waals surface area contributed by atoms with Gasteiger partial charge in [0.05, 0.1) is 25.1 Å². The van der Waals surface area contributed by atoms with E-state index in [0.29, 0.717) is 11.7 Å². The van der Waals surface area contributed by atoms with Gasteiger partial charge in [-0.05, 0) is 53.0 Å². The number of ether oxygens (including phenoxy) is 1. The standard InChI is InChI=1S/C27H34N6O/c1-4-19(2)11-23-14-22(24-16-29-30-17-24)5-6-27(23)32-20(3)31-26-13-21(12-25(28)15-26)18-33-7-9-34-10-8-33/h5-6,11-17,19,31H,3-4,7-10,18,28H2,1-2H3,(H,29,30)/b23-11-,32-27-. The van der Waals surface area contributed by atoms with E-state index in [0.717, 1.165) is 78.6 Å². The predicted octanol–water partition coefficient (Wildman–Crippen LogP) is 4.77. The Morgan fingerprint density at radius 2 is 2.15 bits per heavy atom. The van der Waals surface area contributed by atoms with Crippen molar-refractivity contribution < 1.29 is 4.74 Å². The second kappa shape index (κ2) is 11.1. The van der Waals surface area contributed by atoms with Crippen LogP contribution in [-0.2, 0) is 11.3 Å². The summed E-state index contributed by atoms with van der Waals surface area (Å²) in [4.78, 5) is 7.19. The minimum Gasteiger partial charge on any atom is -0.399 e. The lowest BCUT2D eigenvalue weighted by molar-refractivity contribution is 0.0342. The van der Waals surface area contributed by atoms with Gasteiger partial charge in [-0.15, -0.1) is 0 Å². The van der Waals surface area contributed by atoms with E-state index in [9.17, 15) is 0 Å². The van der Waals surface area contributed by atoms with Gasteiger partial charge in [-0.1, -0.05) is 39.0 Å². The third-order valence-corrected chi connectivity index (χ3v) is 6.04. The summed E-state index contributed by atoms with van der Waals surface area (Å²) >= 11 is 0. The zero-order valence-corrected chi connectivity index (χ0v) is 20.1. The molecule has 1 aromatic carbocycles. The highest BCUT2D eigenvalue weighted by Crippen LogP contribution is 2.25. The molecule has 2 aliphatic rings. The normalized spacial score (nSPS) is 19.9. The topological polar surface area (TPSA) is 91.6 Å². The zero-order valence-electron chi connectivity index (χ0n) is 20.1. The first-order valence-corrected chi connectivity index (χ1v) is 11.9. The van der Waals surface area contributed by atoms with Crippen LogP contribution < -0.4 is 11.1 Å². The molecule has 4 rings (SSSR count). The number of anilines is 2. The lowest BCUT2D eigenvalue weighted by Gasteiger charge is -2.26. The van der Waals surface area contributed by atoms with Crippen LogP contribution in [0.1, 0.15) is 31.4 Å². The van der Waals surface area contributed by atoms with E-state index < -0.39 is 0 Å². The van der Waals surface area contributed by atoms with E-state index in [2.05, 4.69) is 65.1 Å². The molecule has 0 spiro atoms. The highest BCUT2D eigenvalue weighted by molar-refractivity contribution is 6.15. The Balaban J connectivity index is 1.51. The molecule has 1 aromatic heterocycles. The number of nitrogens with two attached hydrogens (primary N) is 1. The molecule has 7 heteroatoms. The molecule has 4 N–H and O–H groups in total. The Labute approximate surface area is 201 Å². The maximum absolute atomic E-state index is 6.19. The van der Waals surface area contributed by atoms with Crippen LogP contribution in [0.5, 0.6) is 0 Å². The molecule has 0 bridgehead atoms. The van der Waals surface area contributed by atoms with Crippen LogP contribution in [0.4, 0.5) is 11.4 Å². The van der Waals surface area contributed by atoms with E-state index in [1.807, 2.05) is 30.6 Å². The molecular weight excluding hydrogens is 424 g/mol. The molecule has 1 aliphatic heterocycles. The van der Waals surface area contributed by atoms with Crippen LogP contribution in [0.2, 0.25) is 0 Å². The van der Waals surface area contributed by atoms with Gasteiger partial charge in [0.25, 0.3) is 0 Å². The molecule has 1 aliphatic carbocycles. The van der Waals surface area contributed by atoms with Gasteiger partial charge in [0.2, 0.25) is 0 Å². The lowest BCUT2D eigenvalue weighted by atomic mass is 9.93. The number of nitrogens with one attached hydrogen (secondary N) is 2. The van der Waals surface area contributed by atoms with E-state index in [-0.39, 0.29) is 0 Å². The maximum Gasteiger partial charge on any atom is 0.123 e. The molecule has 1 saturated heterocycles. The summed E-state index contributed by atoms with van der Waals surface area (Å²) in [5, 5.41) is 10.3. The molecule has 0 saturated carbocycles. The van der Waals surface area contributed by atoms with E-state index in [4.69, 9.17) is 15.5 Å². The summed E-state index contributed by atoms with van der Waals surface area (Å²) < 4.78 is 5.45. The maximum atomic E-state index is 6.19. The molecule has 1 atom stereocenters. The monoisotopic (exact) mass is 458 g/mol. The number of aromatic amines is 1. The molecule has 34 heavy (non-hydrogen) atoms. The van der Waals surface area contributed by atoms with Gasteiger partial charge in [-0.3, -0.25) is 10.00 Å². The van der Waals surface area contributed by atoms with E-state index in [1.54, 1.807) is 0 Å². The number of benzene rings is 1. The smallest absolute Gasteiger partial charge is 0.123 e. The number of nitrogens with zero attached hydrogens (tertiary/aromatic N) is 3. The summed E-state index contributed by atoms with van der Waals surface area (Å²) in [5.41, 5.74) is 13.1. The van der Waals surface area contributed by atoms with E-state index >= 15 is 0 Å². The molecule has 1 fully saturated rings. The van der Waals surface area contributed by atoms with Crippen molar-refractivity contribution in [2.75, 3.05) is 37.4 Å². The highest BCUT2D eigenvalue weighted by atomic mass is 16.5. The highest BCUT2D eigenvalue weighted by Gasteiger charge is 2.14. The van der Waals surface area contributed by atoms with Crippen LogP contribution >= 0.6 is 0 Å². The Kier molecular flexibility index (Phi) is 7.77. The van der Waals surface area contributed by atoms with Crippen LogP contribution in [0, 0.1) is 5.92 Å². The molecule has 2 aromatic rings. The number of rotatable bonds is 8. The summed E-state index contributed by atoms with van der Waals surface area (Å²) in [6.45, 7) is 12.8. The van der Waals surface area contributed by atoms with Gasteiger partial charge in [0.1, 0.15) is 5.82 Å². The van der Waals surface area contributed by atoms with Gasteiger partial charge < -0.3 is 15.8 Å². The molecular formula is C27H34N6O. The Hall–Kier alpha value is -3.42. The van der Waals surface area contributed by atoms with Gasteiger partial charge >= 0.3 is 0 Å². The molecule has 0 radical (unpaired) electrons. The molecule has 0 amide bonds. The fraction of sp³-hybridized carbons (Fsp3) is 0.333. The number of hydrogen-bond donors (Lipinski definition) is 3. The largest absolute Gasteiger partial charge is 0.399 e. The number of morpholine rings is 1. The third-order valence-electron chi connectivity index (χ3n) is 6.04. The molecule has 178 valence electrons. The van der Waals surface area contributed by atoms with Crippen molar-refractivity contribution in [2.24, 2.45) is 10.9 Å². The Morgan fingerprint density at radius 1 is 1.32 bits per heavy atom. The van der Waals surface area contributed by atoms with Crippen molar-refractivity contribution in [1.82, 2.24) is 15.1 Å². The van der Waals surface area contributed by atoms with E-state index in [1.165, 1.54) is 0 Å². The average molecular weight is 459 g/mol. The van der Waals surface area contributed by atoms with Crippen molar-refractivity contribution in [3.05, 3.63) is 84.0 Å². The molecule has 2 heterocycles. The van der Waals surface area contributed by atoms with Crippen LogP contribution in [0.25, 0.3) is 5.57 Å². The number of aliphatic imine (C=N–C) groups is 1. The zero-order chi connectivity index (χ0) is 23.9. The number of aromatic nitrogens is 2. The van der Waals surface area contributed by atoms with Gasteiger partial charge in [0, 0.05) is 42.8 Å². The third kappa shape index (κ3) is 6.34. The molecule has 7 nitrogen and oxygen atoms in total. The Bertz CT molecular complexity index is 1120. The summed E-state index contributed by atoms with van der Waals surface area (Å²) in [5.74, 6) is 1.00. The van der Waals surface area contributed by atoms with Crippen LogP contribution in [-0.4, -0.2) is 47.1 Å². The number of allylic oxidation sites excluding steroid dienone is 6. The second-order valence-corrected chi connectivity index (χ2v) is 8.85. The summed E-state index contributed by atoms with van der Waals surface area (Å²) in [7, 11) is 0. The quantitative estimate of drug-likeness (QED) is 0.496. The SMILES string of the molecule is C=C(/N=C1/C=CC(c2cn[nH]c2)=C/C1=C/C(C)CC)Nc1cc(N)cc(CN2CCOCC2)c1. The fourth-order valence-corrected chi connectivity index (χ4v) is 4.04. The average Bonchev–Trinajstić information content (AvgIpc) is 3.35. The number of nitrogen functional groups attached to an aromatic ring is 1. The lowest BCUT2D eigenvalue weighted by Crippen LogP contribution is -2.35. The predicted molar refractivity (Wildman–Crippen MR) is 140 cm³/mol. The first kappa shape index (κ1) is 23.7. The van der Waals surface area contributed by atoms with Crippen molar-refractivity contribution in [3.63, 3.8) is 0 Å². The minimum atomic E-state index is 0.437. The molecule has 1 unspecified atom stereocenters. The van der Waals surface area contributed by atoms with Crippen molar-refractivity contribution in [1.29, 1.82) is 0 Å². The number of hydrogen-bond acceptors (Lipinski definition) is 6. The van der Waals surface area contributed by atoms with Crippen molar-refractivity contribution >= 4 is 22.7 Å². The van der Waals surface area contributed by atoms with Gasteiger partial charge in [0.15, 0.2) is 0 Å². The first-order chi connectivity index (χ1) is 16.5. The first-order valence-electron chi connectivity index (χ1n) is 11.9. The van der Waals surface area contributed by atoms with Gasteiger partial charge in [-0.2, -0.15) is 5.10 Å². The van der Waals surface area contributed by atoms with Crippen LogP contribution in [0.15, 0.2) is 77.9 Å². The summed E-state index contributed by atoms with van der Waals surface area (Å²) in [6, 6.07) is 6.05. The van der Waals surface area contributed by atoms with Crippen molar-refractivity contribution in [3.8, 4) is 0 Å². The second-order valence-electron chi connectivity index (χ2n) is 8.85. The fourth-order valence-electron chi connectivity index (χ4n) is 4.04. The van der Waals surface area contributed by atoms with Crippen molar-refractivity contribution in [2.45, 2.75) is 26.8 Å².